The first-order chi connectivity index (χ1) is 8.47. The number of hydrogen-bond donors (Lipinski definition) is 2. The summed E-state index contributed by atoms with van der Waals surface area (Å²) in [5.41, 5.74) is 5.63. The van der Waals surface area contributed by atoms with E-state index in [0.29, 0.717) is 13.1 Å². The van der Waals surface area contributed by atoms with E-state index in [-0.39, 0.29) is 23.6 Å². The van der Waals surface area contributed by atoms with Crippen LogP contribution in [0.2, 0.25) is 0 Å². The van der Waals surface area contributed by atoms with Gasteiger partial charge in [0.1, 0.15) is 5.82 Å². The highest BCUT2D eigenvalue weighted by Crippen LogP contribution is 2.23. The van der Waals surface area contributed by atoms with Gasteiger partial charge in [-0.15, -0.1) is 0 Å². The summed E-state index contributed by atoms with van der Waals surface area (Å²) in [6.07, 6.45) is 0.0357. The Labute approximate surface area is 103 Å². The number of carboxylic acid groups (broad SMARTS) is 1. The van der Waals surface area contributed by atoms with E-state index in [2.05, 4.69) is 0 Å². The molecule has 1 aliphatic rings. The number of benzene rings is 1. The number of anilines is 1. The Morgan fingerprint density at radius 1 is 1.44 bits per heavy atom. The van der Waals surface area contributed by atoms with Crippen molar-refractivity contribution in [1.29, 1.82) is 0 Å². The van der Waals surface area contributed by atoms with Crippen LogP contribution in [0.1, 0.15) is 16.8 Å². The summed E-state index contributed by atoms with van der Waals surface area (Å²) in [6, 6.07) is 3.91. The summed E-state index contributed by atoms with van der Waals surface area (Å²) in [7, 11) is 0. The summed E-state index contributed by atoms with van der Waals surface area (Å²) in [5, 5.41) is 8.59. The fraction of sp³-hybridized carbons (Fsp3) is 0.333. The molecule has 96 valence electrons. The summed E-state index contributed by atoms with van der Waals surface area (Å²) in [6.45, 7) is 0.712. The molecule has 0 bridgehead atoms. The number of carbonyl (C=O) groups excluding carboxylic acids is 1. The maximum Gasteiger partial charge on any atom is 0.303 e. The van der Waals surface area contributed by atoms with E-state index in [1.807, 2.05) is 0 Å². The van der Waals surface area contributed by atoms with Crippen LogP contribution in [-0.2, 0) is 4.79 Å². The molecule has 0 unspecified atom stereocenters. The number of hydrogen-bond acceptors (Lipinski definition) is 3. The van der Waals surface area contributed by atoms with Gasteiger partial charge in [0.05, 0.1) is 12.0 Å². The third-order valence-corrected chi connectivity index (χ3v) is 2.93. The molecule has 3 N–H and O–H groups in total. The monoisotopic (exact) mass is 252 g/mol. The van der Waals surface area contributed by atoms with Crippen LogP contribution in [0, 0.1) is 11.7 Å². The Balaban J connectivity index is 1.99. The quantitative estimate of drug-likeness (QED) is 0.785. The summed E-state index contributed by atoms with van der Waals surface area (Å²) in [4.78, 5) is 23.8. The smallest absolute Gasteiger partial charge is 0.303 e. The fourth-order valence-electron chi connectivity index (χ4n) is 1.99. The van der Waals surface area contributed by atoms with E-state index in [0.717, 1.165) is 6.07 Å². The number of nitrogens with two attached hydrogens (primary N) is 1. The number of halogens is 1. The van der Waals surface area contributed by atoms with Crippen molar-refractivity contribution in [2.24, 2.45) is 5.92 Å². The molecule has 1 heterocycles. The van der Waals surface area contributed by atoms with Crippen LogP contribution in [0.15, 0.2) is 18.2 Å². The van der Waals surface area contributed by atoms with Gasteiger partial charge in [-0.05, 0) is 18.2 Å². The summed E-state index contributed by atoms with van der Waals surface area (Å²) < 4.78 is 13.5. The Morgan fingerprint density at radius 2 is 2.11 bits per heavy atom. The average molecular weight is 252 g/mol. The molecule has 1 amide bonds. The van der Waals surface area contributed by atoms with Crippen LogP contribution in [0.5, 0.6) is 0 Å². The first-order valence-corrected chi connectivity index (χ1v) is 5.53. The van der Waals surface area contributed by atoms with Crippen molar-refractivity contribution >= 4 is 17.6 Å². The highest BCUT2D eigenvalue weighted by Gasteiger charge is 2.33. The van der Waals surface area contributed by atoms with Crippen molar-refractivity contribution in [3.8, 4) is 0 Å². The minimum absolute atomic E-state index is 0.0297. The van der Waals surface area contributed by atoms with E-state index in [1.165, 1.54) is 17.0 Å². The molecule has 6 heteroatoms. The molecule has 0 aliphatic carbocycles. The van der Waals surface area contributed by atoms with Crippen molar-refractivity contribution in [3.05, 3.63) is 29.6 Å². The van der Waals surface area contributed by atoms with Gasteiger partial charge in [-0.1, -0.05) is 0 Å². The van der Waals surface area contributed by atoms with Gasteiger partial charge in [0.25, 0.3) is 5.91 Å². The zero-order chi connectivity index (χ0) is 13.3. The second-order valence-corrected chi connectivity index (χ2v) is 4.41. The number of carbonyl (C=O) groups is 2. The zero-order valence-electron chi connectivity index (χ0n) is 9.60. The molecule has 0 radical (unpaired) electrons. The topological polar surface area (TPSA) is 83.6 Å². The van der Waals surface area contributed by atoms with Crippen LogP contribution < -0.4 is 5.73 Å². The van der Waals surface area contributed by atoms with Gasteiger partial charge in [-0.2, -0.15) is 0 Å². The summed E-state index contributed by atoms with van der Waals surface area (Å²) in [5.74, 6) is -2.00. The molecule has 0 saturated carbocycles. The van der Waals surface area contributed by atoms with Crippen LogP contribution in [0.4, 0.5) is 10.1 Å². The Hall–Kier alpha value is -2.11. The van der Waals surface area contributed by atoms with Crippen molar-refractivity contribution in [2.45, 2.75) is 6.42 Å². The predicted octanol–water partition coefficient (Wildman–Crippen LogP) is 0.955. The molecule has 1 aliphatic heterocycles. The Bertz CT molecular complexity index is 498. The molecule has 1 saturated heterocycles. The summed E-state index contributed by atoms with van der Waals surface area (Å²) >= 11 is 0. The van der Waals surface area contributed by atoms with E-state index < -0.39 is 17.7 Å². The number of nitrogens with zero attached hydrogens (tertiary/aromatic N) is 1. The highest BCUT2D eigenvalue weighted by atomic mass is 19.1. The second kappa shape index (κ2) is 4.64. The van der Waals surface area contributed by atoms with Crippen molar-refractivity contribution < 1.29 is 19.1 Å². The van der Waals surface area contributed by atoms with Gasteiger partial charge in [0.15, 0.2) is 0 Å². The number of likely N-dealkylation sites (tertiary alicyclic amines) is 1. The first kappa shape index (κ1) is 12.3. The lowest BCUT2D eigenvalue weighted by Crippen LogP contribution is -2.50. The first-order valence-electron chi connectivity index (χ1n) is 5.53. The van der Waals surface area contributed by atoms with E-state index >= 15 is 0 Å². The maximum absolute atomic E-state index is 13.5. The third kappa shape index (κ3) is 2.42. The number of carboxylic acids is 1. The van der Waals surface area contributed by atoms with E-state index in [9.17, 15) is 14.0 Å². The van der Waals surface area contributed by atoms with Gasteiger partial charge in [0.2, 0.25) is 0 Å². The minimum Gasteiger partial charge on any atom is -0.481 e. The number of rotatable bonds is 3. The average Bonchev–Trinajstić information content (AvgIpc) is 2.21. The van der Waals surface area contributed by atoms with E-state index in [1.54, 1.807) is 0 Å². The molecule has 1 aromatic rings. The van der Waals surface area contributed by atoms with Crippen LogP contribution in [-0.4, -0.2) is 35.0 Å². The van der Waals surface area contributed by atoms with Gasteiger partial charge in [-0.3, -0.25) is 9.59 Å². The molecule has 1 aromatic carbocycles. The van der Waals surface area contributed by atoms with E-state index in [4.69, 9.17) is 10.8 Å². The number of amides is 1. The molecule has 0 atom stereocenters. The molecule has 5 nitrogen and oxygen atoms in total. The van der Waals surface area contributed by atoms with Gasteiger partial charge in [0, 0.05) is 24.7 Å². The molecule has 0 aromatic heterocycles. The Kier molecular flexibility index (Phi) is 3.18. The standard InChI is InChI=1S/C12H13FN2O3/c13-10-4-8(14)1-2-9(10)12(18)15-5-7(6-15)3-11(16)17/h1-2,4,7H,3,5-6,14H2,(H,16,17). The molecular weight excluding hydrogens is 239 g/mol. The fourth-order valence-corrected chi connectivity index (χ4v) is 1.99. The van der Waals surface area contributed by atoms with Crippen LogP contribution in [0.25, 0.3) is 0 Å². The highest BCUT2D eigenvalue weighted by molar-refractivity contribution is 5.95. The van der Waals surface area contributed by atoms with Crippen molar-refractivity contribution in [3.63, 3.8) is 0 Å². The van der Waals surface area contributed by atoms with Gasteiger partial charge in [-0.25, -0.2) is 4.39 Å². The van der Waals surface area contributed by atoms with Gasteiger partial charge < -0.3 is 15.7 Å². The zero-order valence-corrected chi connectivity index (χ0v) is 9.60. The largest absolute Gasteiger partial charge is 0.481 e. The van der Waals surface area contributed by atoms with Crippen LogP contribution >= 0.6 is 0 Å². The number of aliphatic carboxylic acids is 1. The maximum atomic E-state index is 13.5. The van der Waals surface area contributed by atoms with Crippen molar-refractivity contribution in [2.75, 3.05) is 18.8 Å². The second-order valence-electron chi connectivity index (χ2n) is 4.41. The molecule has 1 fully saturated rings. The third-order valence-electron chi connectivity index (χ3n) is 2.93. The predicted molar refractivity (Wildman–Crippen MR) is 62.5 cm³/mol. The minimum atomic E-state index is -0.884. The lowest BCUT2D eigenvalue weighted by Gasteiger charge is -2.38. The normalized spacial score (nSPS) is 15.3. The lowest BCUT2D eigenvalue weighted by atomic mass is 9.95. The SMILES string of the molecule is Nc1ccc(C(=O)N2CC(CC(=O)O)C2)c(F)c1. The number of nitrogen functional groups attached to an aromatic ring is 1. The van der Waals surface area contributed by atoms with Crippen molar-refractivity contribution in [1.82, 2.24) is 4.90 Å². The Morgan fingerprint density at radius 3 is 2.67 bits per heavy atom. The van der Waals surface area contributed by atoms with Gasteiger partial charge >= 0.3 is 5.97 Å². The molecule has 0 spiro atoms. The molecule has 18 heavy (non-hydrogen) atoms. The van der Waals surface area contributed by atoms with Crippen LogP contribution in [0.3, 0.4) is 0 Å². The molecule has 2 rings (SSSR count). The molecular formula is C12H13FN2O3. The lowest BCUT2D eigenvalue weighted by molar-refractivity contribution is -0.139.